The second-order valence-corrected chi connectivity index (χ2v) is 6.66. The SMILES string of the molecule is CCN(CC)Cc1cc(Nc2nc(Cl)nc3ccccc23)cc(Cl)c1O. The molecule has 0 radical (unpaired) electrons. The topological polar surface area (TPSA) is 61.3 Å². The van der Waals surface area contributed by atoms with E-state index in [0.29, 0.717) is 17.4 Å². The van der Waals surface area contributed by atoms with E-state index in [1.807, 2.05) is 30.3 Å². The summed E-state index contributed by atoms with van der Waals surface area (Å²) in [4.78, 5) is 10.7. The molecule has 0 bridgehead atoms. The molecule has 2 aromatic carbocycles. The van der Waals surface area contributed by atoms with Crippen LogP contribution < -0.4 is 5.32 Å². The molecule has 0 aliphatic carbocycles. The number of benzene rings is 2. The number of anilines is 2. The van der Waals surface area contributed by atoms with Gasteiger partial charge >= 0.3 is 0 Å². The number of phenolic OH excluding ortho intramolecular Hbond substituents is 1. The molecule has 0 aliphatic heterocycles. The summed E-state index contributed by atoms with van der Waals surface area (Å²) in [6.07, 6.45) is 0. The molecule has 0 saturated heterocycles. The minimum Gasteiger partial charge on any atom is -0.506 e. The van der Waals surface area contributed by atoms with Gasteiger partial charge in [0, 0.05) is 23.2 Å². The standard InChI is InChI=1S/C19H20Cl2N4O/c1-3-25(4-2)11-12-9-13(10-15(20)17(12)26)22-18-14-7-5-6-8-16(14)23-19(21)24-18/h5-10,26H,3-4,11H2,1-2H3,(H,22,23,24). The summed E-state index contributed by atoms with van der Waals surface area (Å²) in [5.41, 5.74) is 2.24. The first kappa shape index (κ1) is 18.7. The van der Waals surface area contributed by atoms with Gasteiger partial charge in [0.15, 0.2) is 0 Å². The molecule has 0 saturated carbocycles. The number of nitrogens with one attached hydrogen (secondary N) is 1. The molecule has 136 valence electrons. The first-order valence-electron chi connectivity index (χ1n) is 8.44. The normalized spacial score (nSPS) is 11.3. The molecule has 0 aliphatic rings. The fourth-order valence-corrected chi connectivity index (χ4v) is 3.23. The van der Waals surface area contributed by atoms with Gasteiger partial charge in [0.2, 0.25) is 5.28 Å². The predicted molar refractivity (Wildman–Crippen MR) is 108 cm³/mol. The first-order chi connectivity index (χ1) is 12.5. The Morgan fingerprint density at radius 2 is 1.81 bits per heavy atom. The fraction of sp³-hybridized carbons (Fsp3) is 0.263. The van der Waals surface area contributed by atoms with Gasteiger partial charge in [-0.25, -0.2) is 4.98 Å². The number of para-hydroxylation sites is 1. The number of aromatic hydroxyl groups is 1. The van der Waals surface area contributed by atoms with Gasteiger partial charge in [-0.1, -0.05) is 37.6 Å². The van der Waals surface area contributed by atoms with Crippen LogP contribution in [0.25, 0.3) is 10.9 Å². The summed E-state index contributed by atoms with van der Waals surface area (Å²) in [6, 6.07) is 11.2. The number of aromatic nitrogens is 2. The maximum absolute atomic E-state index is 10.3. The Kier molecular flexibility index (Phi) is 5.81. The van der Waals surface area contributed by atoms with Gasteiger partial charge in [0.05, 0.1) is 10.5 Å². The third-order valence-corrected chi connectivity index (χ3v) is 4.73. The lowest BCUT2D eigenvalue weighted by atomic mass is 10.1. The number of nitrogens with zero attached hydrogens (tertiary/aromatic N) is 3. The number of hydrogen-bond acceptors (Lipinski definition) is 5. The van der Waals surface area contributed by atoms with Crippen LogP contribution in [0, 0.1) is 0 Å². The molecule has 3 rings (SSSR count). The van der Waals surface area contributed by atoms with E-state index >= 15 is 0 Å². The van der Waals surface area contributed by atoms with E-state index in [0.717, 1.165) is 35.2 Å². The van der Waals surface area contributed by atoms with Crippen LogP contribution in [-0.4, -0.2) is 33.1 Å². The van der Waals surface area contributed by atoms with Crippen LogP contribution in [0.4, 0.5) is 11.5 Å². The van der Waals surface area contributed by atoms with Crippen molar-refractivity contribution in [2.24, 2.45) is 0 Å². The maximum Gasteiger partial charge on any atom is 0.224 e. The van der Waals surface area contributed by atoms with Crippen LogP contribution >= 0.6 is 23.2 Å². The van der Waals surface area contributed by atoms with E-state index in [1.54, 1.807) is 6.07 Å². The van der Waals surface area contributed by atoms with Crippen LogP contribution in [0.15, 0.2) is 36.4 Å². The van der Waals surface area contributed by atoms with E-state index in [2.05, 4.69) is 34.0 Å². The molecule has 7 heteroatoms. The van der Waals surface area contributed by atoms with E-state index in [-0.39, 0.29) is 11.0 Å². The summed E-state index contributed by atoms with van der Waals surface area (Å²) in [5, 5.41) is 14.9. The Hall–Kier alpha value is -2.08. The van der Waals surface area contributed by atoms with E-state index in [9.17, 15) is 5.11 Å². The van der Waals surface area contributed by atoms with Crippen molar-refractivity contribution in [2.75, 3.05) is 18.4 Å². The minimum atomic E-state index is 0.106. The average Bonchev–Trinajstić information content (AvgIpc) is 2.63. The van der Waals surface area contributed by atoms with Crippen LogP contribution in [0.5, 0.6) is 5.75 Å². The molecular weight excluding hydrogens is 371 g/mol. The molecule has 0 atom stereocenters. The number of rotatable bonds is 6. The van der Waals surface area contributed by atoms with Crippen molar-refractivity contribution in [2.45, 2.75) is 20.4 Å². The zero-order chi connectivity index (χ0) is 18.7. The van der Waals surface area contributed by atoms with Gasteiger partial charge in [-0.05, 0) is 49.0 Å². The Morgan fingerprint density at radius 3 is 2.54 bits per heavy atom. The highest BCUT2D eigenvalue weighted by atomic mass is 35.5. The lowest BCUT2D eigenvalue weighted by Crippen LogP contribution is -2.22. The molecule has 2 N–H and O–H groups in total. The fourth-order valence-electron chi connectivity index (χ4n) is 2.82. The monoisotopic (exact) mass is 390 g/mol. The maximum atomic E-state index is 10.3. The average molecular weight is 391 g/mol. The van der Waals surface area contributed by atoms with Crippen LogP contribution in [0.2, 0.25) is 10.3 Å². The number of phenols is 1. The Balaban J connectivity index is 1.99. The highest BCUT2D eigenvalue weighted by molar-refractivity contribution is 6.32. The predicted octanol–water partition coefficient (Wildman–Crippen LogP) is 5.23. The summed E-state index contributed by atoms with van der Waals surface area (Å²) in [5.74, 6) is 0.700. The van der Waals surface area contributed by atoms with Crippen molar-refractivity contribution in [1.82, 2.24) is 14.9 Å². The van der Waals surface area contributed by atoms with Crippen molar-refractivity contribution in [1.29, 1.82) is 0 Å². The number of hydrogen-bond donors (Lipinski definition) is 2. The van der Waals surface area contributed by atoms with Gasteiger partial charge in [-0.2, -0.15) is 4.98 Å². The number of halogens is 2. The summed E-state index contributed by atoms with van der Waals surface area (Å²) >= 11 is 12.3. The molecule has 1 heterocycles. The Morgan fingerprint density at radius 1 is 1.08 bits per heavy atom. The number of fused-ring (bicyclic) bond motifs is 1. The minimum absolute atomic E-state index is 0.106. The summed E-state index contributed by atoms with van der Waals surface area (Å²) in [6.45, 7) is 6.55. The molecule has 0 unspecified atom stereocenters. The molecule has 5 nitrogen and oxygen atoms in total. The van der Waals surface area contributed by atoms with E-state index < -0.39 is 0 Å². The van der Waals surface area contributed by atoms with Crippen LogP contribution in [-0.2, 0) is 6.54 Å². The lowest BCUT2D eigenvalue weighted by Gasteiger charge is -2.20. The summed E-state index contributed by atoms with van der Waals surface area (Å²) in [7, 11) is 0. The molecular formula is C19H20Cl2N4O. The molecule has 0 fully saturated rings. The first-order valence-corrected chi connectivity index (χ1v) is 9.20. The van der Waals surface area contributed by atoms with Gasteiger partial charge in [-0.15, -0.1) is 0 Å². The zero-order valence-corrected chi connectivity index (χ0v) is 16.1. The zero-order valence-electron chi connectivity index (χ0n) is 14.6. The van der Waals surface area contributed by atoms with E-state index in [1.165, 1.54) is 0 Å². The largest absolute Gasteiger partial charge is 0.506 e. The third kappa shape index (κ3) is 4.01. The van der Waals surface area contributed by atoms with Crippen molar-refractivity contribution in [3.8, 4) is 5.75 Å². The van der Waals surface area contributed by atoms with Crippen molar-refractivity contribution >= 4 is 45.6 Å². The third-order valence-electron chi connectivity index (χ3n) is 4.27. The molecule has 26 heavy (non-hydrogen) atoms. The molecule has 1 aromatic heterocycles. The van der Waals surface area contributed by atoms with Crippen molar-refractivity contribution in [3.05, 3.63) is 52.3 Å². The van der Waals surface area contributed by atoms with E-state index in [4.69, 9.17) is 23.2 Å². The molecule has 3 aromatic rings. The van der Waals surface area contributed by atoms with Crippen molar-refractivity contribution < 1.29 is 5.11 Å². The van der Waals surface area contributed by atoms with Crippen molar-refractivity contribution in [3.63, 3.8) is 0 Å². The van der Waals surface area contributed by atoms with Gasteiger partial charge < -0.3 is 10.4 Å². The Labute approximate surface area is 162 Å². The van der Waals surface area contributed by atoms with Gasteiger partial charge in [-0.3, -0.25) is 4.90 Å². The van der Waals surface area contributed by atoms with Crippen LogP contribution in [0.3, 0.4) is 0 Å². The molecule has 0 spiro atoms. The molecule has 0 amide bonds. The second kappa shape index (κ2) is 8.08. The highest BCUT2D eigenvalue weighted by Crippen LogP contribution is 2.34. The second-order valence-electron chi connectivity index (χ2n) is 5.91. The summed E-state index contributed by atoms with van der Waals surface area (Å²) < 4.78 is 0. The van der Waals surface area contributed by atoms with Gasteiger partial charge in [0.25, 0.3) is 0 Å². The highest BCUT2D eigenvalue weighted by Gasteiger charge is 2.13. The van der Waals surface area contributed by atoms with Crippen LogP contribution in [0.1, 0.15) is 19.4 Å². The Bertz CT molecular complexity index is 929. The quantitative estimate of drug-likeness (QED) is 0.445. The lowest BCUT2D eigenvalue weighted by molar-refractivity contribution is 0.291. The van der Waals surface area contributed by atoms with Gasteiger partial charge in [0.1, 0.15) is 11.6 Å². The smallest absolute Gasteiger partial charge is 0.224 e.